The van der Waals surface area contributed by atoms with Gasteiger partial charge in [0.05, 0.1) is 0 Å². The van der Waals surface area contributed by atoms with Gasteiger partial charge in [0.2, 0.25) is 0 Å². The van der Waals surface area contributed by atoms with Crippen molar-refractivity contribution in [1.29, 1.82) is 0 Å². The largest absolute Gasteiger partial charge is 0.433 e. The van der Waals surface area contributed by atoms with E-state index in [4.69, 9.17) is 0 Å². The smallest absolute Gasteiger partial charge is 0.267 e. The maximum absolute atomic E-state index is 12.6. The third-order valence-corrected chi connectivity index (χ3v) is 2.89. The van der Waals surface area contributed by atoms with Gasteiger partial charge in [-0.15, -0.1) is 0 Å². The van der Waals surface area contributed by atoms with E-state index in [0.717, 1.165) is 17.5 Å². The van der Waals surface area contributed by atoms with Crippen LogP contribution in [0.15, 0.2) is 30.3 Å². The van der Waals surface area contributed by atoms with Gasteiger partial charge in [-0.1, -0.05) is 6.07 Å². The number of rotatable bonds is 2. The summed E-state index contributed by atoms with van der Waals surface area (Å²) in [5, 5.41) is 1.60. The van der Waals surface area contributed by atoms with E-state index in [1.807, 2.05) is 30.7 Å². The third-order valence-electron chi connectivity index (χ3n) is 2.89. The monoisotopic (exact) mass is 269 g/mol. The van der Waals surface area contributed by atoms with Crippen LogP contribution in [-0.2, 0) is 6.18 Å². The number of aryl methyl sites for hydroxylation is 2. The lowest BCUT2D eigenvalue weighted by Gasteiger charge is -2.24. The minimum atomic E-state index is -4.43. The van der Waals surface area contributed by atoms with Crippen LogP contribution < -0.4 is 5.01 Å². The Morgan fingerprint density at radius 1 is 1.05 bits per heavy atom. The molecule has 3 nitrogen and oxygen atoms in total. The van der Waals surface area contributed by atoms with Gasteiger partial charge in [0.15, 0.2) is 0 Å². The van der Waals surface area contributed by atoms with Crippen LogP contribution >= 0.6 is 0 Å². The Hall–Kier alpha value is -1.98. The zero-order chi connectivity index (χ0) is 14.2. The number of hydrogen-bond acceptors (Lipinski definition) is 2. The van der Waals surface area contributed by atoms with Crippen molar-refractivity contribution in [1.82, 2.24) is 9.66 Å². The van der Waals surface area contributed by atoms with E-state index in [0.29, 0.717) is 0 Å². The predicted molar refractivity (Wildman–Crippen MR) is 66.9 cm³/mol. The predicted octanol–water partition coefficient (Wildman–Crippen LogP) is 3.42. The third kappa shape index (κ3) is 2.57. The zero-order valence-corrected chi connectivity index (χ0v) is 10.9. The van der Waals surface area contributed by atoms with Gasteiger partial charge in [0.1, 0.15) is 11.5 Å². The van der Waals surface area contributed by atoms with E-state index in [2.05, 4.69) is 4.98 Å². The molecule has 19 heavy (non-hydrogen) atoms. The fourth-order valence-electron chi connectivity index (χ4n) is 2.00. The average molecular weight is 269 g/mol. The summed E-state index contributed by atoms with van der Waals surface area (Å²) in [7, 11) is 1.68. The molecular weight excluding hydrogens is 255 g/mol. The van der Waals surface area contributed by atoms with Crippen molar-refractivity contribution in [3.8, 4) is 0 Å². The normalized spacial score (nSPS) is 11.7. The van der Waals surface area contributed by atoms with Gasteiger partial charge in [0.25, 0.3) is 0 Å². The van der Waals surface area contributed by atoms with E-state index < -0.39 is 11.9 Å². The summed E-state index contributed by atoms with van der Waals surface area (Å²) >= 11 is 0. The van der Waals surface area contributed by atoms with Crippen molar-refractivity contribution in [2.45, 2.75) is 20.0 Å². The van der Waals surface area contributed by atoms with Crippen molar-refractivity contribution in [2.24, 2.45) is 0 Å². The Balaban J connectivity index is 2.43. The Bertz CT molecular complexity index is 568. The molecule has 0 fully saturated rings. The highest BCUT2D eigenvalue weighted by atomic mass is 19.4. The van der Waals surface area contributed by atoms with Gasteiger partial charge in [-0.05, 0) is 38.1 Å². The number of halogens is 3. The summed E-state index contributed by atoms with van der Waals surface area (Å²) in [6.45, 7) is 3.77. The van der Waals surface area contributed by atoms with Crippen LogP contribution in [-0.4, -0.2) is 16.7 Å². The van der Waals surface area contributed by atoms with E-state index in [1.54, 1.807) is 18.1 Å². The van der Waals surface area contributed by atoms with Crippen LogP contribution in [0.1, 0.15) is 17.1 Å². The molecule has 0 aliphatic heterocycles. The molecule has 2 aromatic rings. The SMILES string of the molecule is Cc1ccc(C)n1N(C)c1cccc(C(F)(F)F)n1. The van der Waals surface area contributed by atoms with E-state index in [9.17, 15) is 13.2 Å². The number of pyridine rings is 1. The van der Waals surface area contributed by atoms with Crippen molar-refractivity contribution < 1.29 is 13.2 Å². The van der Waals surface area contributed by atoms with E-state index in [1.165, 1.54) is 6.07 Å². The second-order valence-electron chi connectivity index (χ2n) is 4.33. The molecule has 0 saturated carbocycles. The molecule has 102 valence electrons. The molecule has 0 unspecified atom stereocenters. The lowest BCUT2D eigenvalue weighted by molar-refractivity contribution is -0.141. The highest BCUT2D eigenvalue weighted by Crippen LogP contribution is 2.29. The van der Waals surface area contributed by atoms with Crippen LogP contribution in [0, 0.1) is 13.8 Å². The molecule has 0 aliphatic carbocycles. The second-order valence-corrected chi connectivity index (χ2v) is 4.33. The first-order valence-corrected chi connectivity index (χ1v) is 5.74. The summed E-state index contributed by atoms with van der Waals surface area (Å²) in [6.07, 6.45) is -4.43. The molecule has 6 heteroatoms. The quantitative estimate of drug-likeness (QED) is 0.833. The first kappa shape index (κ1) is 13.5. The molecule has 0 aromatic carbocycles. The molecule has 0 N–H and O–H groups in total. The van der Waals surface area contributed by atoms with Crippen molar-refractivity contribution in [3.63, 3.8) is 0 Å². The van der Waals surface area contributed by atoms with E-state index >= 15 is 0 Å². The summed E-state index contributed by atoms with van der Waals surface area (Å²) in [5.41, 5.74) is 0.970. The molecule has 2 rings (SSSR count). The van der Waals surface area contributed by atoms with E-state index in [-0.39, 0.29) is 5.82 Å². The molecule has 0 amide bonds. The zero-order valence-electron chi connectivity index (χ0n) is 10.9. The van der Waals surface area contributed by atoms with Crippen LogP contribution in [0.25, 0.3) is 0 Å². The number of alkyl halides is 3. The minimum absolute atomic E-state index is 0.247. The maximum Gasteiger partial charge on any atom is 0.433 e. The maximum atomic E-state index is 12.6. The van der Waals surface area contributed by atoms with Gasteiger partial charge in [0, 0.05) is 18.4 Å². The molecule has 2 heterocycles. The van der Waals surface area contributed by atoms with Crippen molar-refractivity contribution >= 4 is 5.82 Å². The average Bonchev–Trinajstić information content (AvgIpc) is 2.67. The van der Waals surface area contributed by atoms with Crippen molar-refractivity contribution in [2.75, 3.05) is 12.1 Å². The number of anilines is 1. The number of aromatic nitrogens is 2. The fraction of sp³-hybridized carbons (Fsp3) is 0.308. The number of nitrogens with zero attached hydrogens (tertiary/aromatic N) is 3. The van der Waals surface area contributed by atoms with Gasteiger partial charge in [-0.3, -0.25) is 9.69 Å². The van der Waals surface area contributed by atoms with Crippen LogP contribution in [0.2, 0.25) is 0 Å². The summed E-state index contributed by atoms with van der Waals surface area (Å²) < 4.78 is 39.7. The molecular formula is C13H14F3N3. The van der Waals surface area contributed by atoms with Crippen molar-refractivity contribution in [3.05, 3.63) is 47.4 Å². The Morgan fingerprint density at radius 2 is 1.63 bits per heavy atom. The highest BCUT2D eigenvalue weighted by molar-refractivity contribution is 5.40. The summed E-state index contributed by atoms with van der Waals surface area (Å²) in [4.78, 5) is 3.66. The summed E-state index contributed by atoms with van der Waals surface area (Å²) in [5.74, 6) is 0.247. The molecule has 0 saturated heterocycles. The fourth-order valence-corrected chi connectivity index (χ4v) is 2.00. The molecule has 0 spiro atoms. The second kappa shape index (κ2) is 4.60. The van der Waals surface area contributed by atoms with Gasteiger partial charge < -0.3 is 0 Å². The van der Waals surface area contributed by atoms with Crippen LogP contribution in [0.5, 0.6) is 0 Å². The lowest BCUT2D eigenvalue weighted by Crippen LogP contribution is -2.28. The number of hydrogen-bond donors (Lipinski definition) is 0. The Labute approximate surface area is 109 Å². The first-order chi connectivity index (χ1) is 8.80. The summed E-state index contributed by atoms with van der Waals surface area (Å²) in [6, 6.07) is 7.68. The van der Waals surface area contributed by atoms with Gasteiger partial charge in [-0.2, -0.15) is 13.2 Å². The van der Waals surface area contributed by atoms with Gasteiger partial charge in [-0.25, -0.2) is 4.98 Å². The Morgan fingerprint density at radius 3 is 2.16 bits per heavy atom. The lowest BCUT2D eigenvalue weighted by atomic mass is 10.3. The molecule has 2 aromatic heterocycles. The molecule has 0 atom stereocenters. The molecule has 0 aliphatic rings. The minimum Gasteiger partial charge on any atom is -0.267 e. The Kier molecular flexibility index (Phi) is 3.26. The molecule has 0 radical (unpaired) electrons. The molecule has 0 bridgehead atoms. The van der Waals surface area contributed by atoms with Crippen LogP contribution in [0.4, 0.5) is 19.0 Å². The highest BCUT2D eigenvalue weighted by Gasteiger charge is 2.32. The van der Waals surface area contributed by atoms with Gasteiger partial charge >= 0.3 is 6.18 Å². The first-order valence-electron chi connectivity index (χ1n) is 5.74. The standard InChI is InChI=1S/C13H14F3N3/c1-9-7-8-10(2)19(9)18(3)12-6-4-5-11(17-12)13(14,15)16/h4-8H,1-3H3. The topological polar surface area (TPSA) is 21.1 Å². The van der Waals surface area contributed by atoms with Crippen LogP contribution in [0.3, 0.4) is 0 Å².